The Kier molecular flexibility index (Phi) is 5.54. The minimum Gasteiger partial charge on any atom is -0.294 e. The van der Waals surface area contributed by atoms with E-state index in [0.29, 0.717) is 0 Å². The minimum atomic E-state index is 0.0687. The highest BCUT2D eigenvalue weighted by atomic mass is 16.1. The fourth-order valence-corrected chi connectivity index (χ4v) is 1.22. The van der Waals surface area contributed by atoms with Gasteiger partial charge in [-0.2, -0.15) is 0 Å². The number of carbonyl (C=O) groups is 1. The number of hydrogen-bond donors (Lipinski definition) is 0. The van der Waals surface area contributed by atoms with Gasteiger partial charge in [-0.25, -0.2) is 0 Å². The van der Waals surface area contributed by atoms with E-state index in [-0.39, 0.29) is 5.78 Å². The average molecular weight is 190 g/mol. The van der Waals surface area contributed by atoms with E-state index in [0.717, 1.165) is 16.7 Å². The SMILES string of the molecule is C=C(C)C(=C/C)/C(=C\C=C/C)C(C)=O. The average Bonchev–Trinajstić information content (AvgIpc) is 2.10. The fraction of sp³-hybridized carbons (Fsp3) is 0.308. The standard InChI is InChI=1S/C13H18O/c1-6-8-9-13(11(5)14)12(7-2)10(3)4/h6-9H,3H2,1-2,4-5H3/b8-6-,12-7-,13-9-. The summed E-state index contributed by atoms with van der Waals surface area (Å²) in [6.07, 6.45) is 7.50. The van der Waals surface area contributed by atoms with Gasteiger partial charge >= 0.3 is 0 Å². The van der Waals surface area contributed by atoms with E-state index >= 15 is 0 Å². The Morgan fingerprint density at radius 2 is 1.71 bits per heavy atom. The molecule has 0 aromatic rings. The van der Waals surface area contributed by atoms with E-state index < -0.39 is 0 Å². The van der Waals surface area contributed by atoms with Gasteiger partial charge in [0.1, 0.15) is 0 Å². The van der Waals surface area contributed by atoms with E-state index in [9.17, 15) is 4.79 Å². The first-order valence-corrected chi connectivity index (χ1v) is 4.71. The first-order chi connectivity index (χ1) is 6.54. The van der Waals surface area contributed by atoms with Crippen LogP contribution in [0.2, 0.25) is 0 Å². The summed E-state index contributed by atoms with van der Waals surface area (Å²) in [5.74, 6) is 0.0687. The van der Waals surface area contributed by atoms with Crippen molar-refractivity contribution in [3.8, 4) is 0 Å². The van der Waals surface area contributed by atoms with E-state index in [2.05, 4.69) is 6.58 Å². The maximum Gasteiger partial charge on any atom is 0.160 e. The zero-order valence-electron chi connectivity index (χ0n) is 9.42. The van der Waals surface area contributed by atoms with E-state index in [4.69, 9.17) is 0 Å². The Hall–Kier alpha value is -1.37. The van der Waals surface area contributed by atoms with Gasteiger partial charge in [-0.05, 0) is 33.3 Å². The molecule has 0 aliphatic heterocycles. The van der Waals surface area contributed by atoms with E-state index in [1.54, 1.807) is 6.92 Å². The van der Waals surface area contributed by atoms with Crippen LogP contribution in [-0.4, -0.2) is 5.78 Å². The van der Waals surface area contributed by atoms with Crippen LogP contribution in [0.4, 0.5) is 0 Å². The Morgan fingerprint density at radius 1 is 1.14 bits per heavy atom. The van der Waals surface area contributed by atoms with E-state index in [1.165, 1.54) is 0 Å². The third kappa shape index (κ3) is 3.56. The molecule has 0 heterocycles. The molecule has 76 valence electrons. The molecular formula is C13H18O. The van der Waals surface area contributed by atoms with Crippen LogP contribution in [0.3, 0.4) is 0 Å². The molecule has 0 rings (SSSR count). The molecule has 0 aliphatic carbocycles. The van der Waals surface area contributed by atoms with Crippen LogP contribution < -0.4 is 0 Å². The predicted molar refractivity (Wildman–Crippen MR) is 62.1 cm³/mol. The van der Waals surface area contributed by atoms with Crippen LogP contribution in [0.15, 0.2) is 47.6 Å². The van der Waals surface area contributed by atoms with Crippen LogP contribution in [-0.2, 0) is 4.79 Å². The molecule has 0 bridgehead atoms. The highest BCUT2D eigenvalue weighted by molar-refractivity contribution is 5.99. The van der Waals surface area contributed by atoms with E-state index in [1.807, 2.05) is 45.1 Å². The van der Waals surface area contributed by atoms with Crippen molar-refractivity contribution in [2.45, 2.75) is 27.7 Å². The monoisotopic (exact) mass is 190 g/mol. The van der Waals surface area contributed by atoms with Crippen molar-refractivity contribution in [3.63, 3.8) is 0 Å². The molecule has 0 aliphatic rings. The molecule has 1 nitrogen and oxygen atoms in total. The highest BCUT2D eigenvalue weighted by Crippen LogP contribution is 2.18. The number of hydrogen-bond acceptors (Lipinski definition) is 1. The van der Waals surface area contributed by atoms with Gasteiger partial charge < -0.3 is 0 Å². The Bertz CT molecular complexity index is 314. The highest BCUT2D eigenvalue weighted by Gasteiger charge is 2.08. The molecule has 0 atom stereocenters. The molecular weight excluding hydrogens is 172 g/mol. The molecule has 0 unspecified atom stereocenters. The van der Waals surface area contributed by atoms with Crippen molar-refractivity contribution in [1.82, 2.24) is 0 Å². The summed E-state index contributed by atoms with van der Waals surface area (Å²) in [6, 6.07) is 0. The number of allylic oxidation sites excluding steroid dienone is 7. The lowest BCUT2D eigenvalue weighted by Crippen LogP contribution is -2.00. The molecule has 0 amide bonds. The lowest BCUT2D eigenvalue weighted by atomic mass is 9.96. The van der Waals surface area contributed by atoms with Gasteiger partial charge in [0, 0.05) is 5.57 Å². The van der Waals surface area contributed by atoms with Gasteiger partial charge in [0.15, 0.2) is 5.78 Å². The summed E-state index contributed by atoms with van der Waals surface area (Å²) in [5, 5.41) is 0. The van der Waals surface area contributed by atoms with Gasteiger partial charge in [-0.1, -0.05) is 36.5 Å². The van der Waals surface area contributed by atoms with Crippen LogP contribution in [0.25, 0.3) is 0 Å². The van der Waals surface area contributed by atoms with Crippen LogP contribution in [0.1, 0.15) is 27.7 Å². The Balaban J connectivity index is 5.21. The first-order valence-electron chi connectivity index (χ1n) is 4.71. The maximum atomic E-state index is 11.4. The fourth-order valence-electron chi connectivity index (χ4n) is 1.22. The summed E-state index contributed by atoms with van der Waals surface area (Å²) >= 11 is 0. The second kappa shape index (κ2) is 6.14. The third-order valence-corrected chi connectivity index (χ3v) is 1.87. The maximum absolute atomic E-state index is 11.4. The van der Waals surface area contributed by atoms with Gasteiger partial charge in [0.25, 0.3) is 0 Å². The first kappa shape index (κ1) is 12.6. The summed E-state index contributed by atoms with van der Waals surface area (Å²) in [4.78, 5) is 11.4. The number of rotatable bonds is 4. The number of carbonyl (C=O) groups excluding carboxylic acids is 1. The number of Topliss-reactive ketones (excluding diaryl/α,β-unsaturated/α-hetero) is 1. The molecule has 1 heteroatoms. The van der Waals surface area contributed by atoms with Crippen molar-refractivity contribution in [3.05, 3.63) is 47.6 Å². The van der Waals surface area contributed by atoms with Crippen molar-refractivity contribution < 1.29 is 4.79 Å². The summed E-state index contributed by atoms with van der Waals surface area (Å²) in [7, 11) is 0. The van der Waals surface area contributed by atoms with Crippen LogP contribution in [0.5, 0.6) is 0 Å². The van der Waals surface area contributed by atoms with Gasteiger partial charge in [0.05, 0.1) is 0 Å². The van der Waals surface area contributed by atoms with Gasteiger partial charge in [0.2, 0.25) is 0 Å². The zero-order valence-corrected chi connectivity index (χ0v) is 9.42. The molecule has 0 fully saturated rings. The van der Waals surface area contributed by atoms with Crippen molar-refractivity contribution in [2.24, 2.45) is 0 Å². The van der Waals surface area contributed by atoms with Crippen LogP contribution in [0, 0.1) is 0 Å². The van der Waals surface area contributed by atoms with Crippen LogP contribution >= 0.6 is 0 Å². The Labute approximate surface area is 86.5 Å². The molecule has 0 N–H and O–H groups in total. The summed E-state index contributed by atoms with van der Waals surface area (Å²) in [5.41, 5.74) is 2.56. The van der Waals surface area contributed by atoms with Crippen molar-refractivity contribution in [1.29, 1.82) is 0 Å². The molecule has 0 radical (unpaired) electrons. The normalized spacial score (nSPS) is 13.4. The molecule has 14 heavy (non-hydrogen) atoms. The summed E-state index contributed by atoms with van der Waals surface area (Å²) < 4.78 is 0. The predicted octanol–water partition coefficient (Wildman–Crippen LogP) is 3.60. The molecule has 0 spiro atoms. The van der Waals surface area contributed by atoms with Gasteiger partial charge in [-0.3, -0.25) is 4.79 Å². The second-order valence-corrected chi connectivity index (χ2v) is 3.14. The lowest BCUT2D eigenvalue weighted by Gasteiger charge is -2.07. The minimum absolute atomic E-state index is 0.0687. The molecule has 0 saturated carbocycles. The van der Waals surface area contributed by atoms with Gasteiger partial charge in [-0.15, -0.1) is 0 Å². The van der Waals surface area contributed by atoms with Crippen molar-refractivity contribution in [2.75, 3.05) is 0 Å². The summed E-state index contributed by atoms with van der Waals surface area (Å²) in [6.45, 7) is 11.2. The topological polar surface area (TPSA) is 17.1 Å². The molecule has 0 saturated heterocycles. The third-order valence-electron chi connectivity index (χ3n) is 1.87. The molecule has 0 aromatic heterocycles. The molecule has 0 aromatic carbocycles. The lowest BCUT2D eigenvalue weighted by molar-refractivity contribution is -0.113. The largest absolute Gasteiger partial charge is 0.294 e. The second-order valence-electron chi connectivity index (χ2n) is 3.14. The Morgan fingerprint density at radius 3 is 2.00 bits per heavy atom. The van der Waals surface area contributed by atoms with Crippen molar-refractivity contribution >= 4 is 5.78 Å². The zero-order chi connectivity index (χ0) is 11.1. The quantitative estimate of drug-likeness (QED) is 0.489. The number of ketones is 1. The smallest absolute Gasteiger partial charge is 0.160 e.